The molecule has 35 heavy (non-hydrogen) atoms. The van der Waals surface area contributed by atoms with Crippen molar-refractivity contribution in [1.29, 1.82) is 0 Å². The molecule has 3 heterocycles. The van der Waals surface area contributed by atoms with Crippen LogP contribution in [-0.2, 0) is 6.61 Å². The van der Waals surface area contributed by atoms with Crippen LogP contribution in [0.2, 0.25) is 10.0 Å². The number of halogens is 2. The van der Waals surface area contributed by atoms with E-state index >= 15 is 0 Å². The summed E-state index contributed by atoms with van der Waals surface area (Å²) in [5.41, 5.74) is 10.0. The molecule has 1 saturated heterocycles. The molecule has 1 amide bonds. The zero-order valence-corrected chi connectivity index (χ0v) is 20.7. The number of nitrogens with two attached hydrogens (primary N) is 1. The van der Waals surface area contributed by atoms with E-state index in [2.05, 4.69) is 15.3 Å². The Kier molecular flexibility index (Phi) is 6.56. The van der Waals surface area contributed by atoms with Crippen molar-refractivity contribution in [3.8, 4) is 16.9 Å². The standard InChI is InChI=1S/C26H25Cl2N5O2/c1-30-18-7-8-33(13-18)26(34)23-10-16-9-15(5-6-22(16)32-23)17-11-24(25(29)31-12-17)35-14-19-20(27)3-2-4-21(19)28/h2-6,9-12,18,30,32H,7-8,13-14H2,1H3,(H2,29,31)/t18-/m0/s1. The topological polar surface area (TPSA) is 96.3 Å². The van der Waals surface area contributed by atoms with Gasteiger partial charge < -0.3 is 25.7 Å². The van der Waals surface area contributed by atoms with Crippen molar-refractivity contribution in [1.82, 2.24) is 20.2 Å². The number of carbonyl (C=O) groups is 1. The van der Waals surface area contributed by atoms with Crippen LogP contribution in [0.5, 0.6) is 5.75 Å². The second-order valence-electron chi connectivity index (χ2n) is 8.61. The summed E-state index contributed by atoms with van der Waals surface area (Å²) >= 11 is 12.5. The first-order valence-corrected chi connectivity index (χ1v) is 12.1. The Labute approximate surface area is 213 Å². The summed E-state index contributed by atoms with van der Waals surface area (Å²) in [4.78, 5) is 22.4. The number of rotatable bonds is 6. The van der Waals surface area contributed by atoms with E-state index in [4.69, 9.17) is 33.7 Å². The van der Waals surface area contributed by atoms with Gasteiger partial charge >= 0.3 is 0 Å². The average molecular weight is 510 g/mol. The van der Waals surface area contributed by atoms with Gasteiger partial charge in [-0.15, -0.1) is 0 Å². The average Bonchev–Trinajstić information content (AvgIpc) is 3.51. The van der Waals surface area contributed by atoms with Gasteiger partial charge in [0.2, 0.25) is 0 Å². The maximum atomic E-state index is 13.0. The van der Waals surface area contributed by atoms with Crippen molar-refractivity contribution in [3.63, 3.8) is 0 Å². The number of pyridine rings is 1. The van der Waals surface area contributed by atoms with E-state index in [0.717, 1.165) is 41.5 Å². The van der Waals surface area contributed by atoms with Gasteiger partial charge in [-0.2, -0.15) is 0 Å². The third-order valence-corrected chi connectivity index (χ3v) is 7.09. The number of aromatic amines is 1. The Morgan fingerprint density at radius 1 is 1.20 bits per heavy atom. The fourth-order valence-electron chi connectivity index (χ4n) is 4.33. The van der Waals surface area contributed by atoms with E-state index < -0.39 is 0 Å². The molecule has 1 atom stereocenters. The summed E-state index contributed by atoms with van der Waals surface area (Å²) in [5, 5.41) is 5.24. The quantitative estimate of drug-likeness (QED) is 0.334. The zero-order valence-electron chi connectivity index (χ0n) is 19.1. The van der Waals surface area contributed by atoms with Crippen molar-refractivity contribution < 1.29 is 9.53 Å². The van der Waals surface area contributed by atoms with E-state index in [1.165, 1.54) is 0 Å². The summed E-state index contributed by atoms with van der Waals surface area (Å²) in [5.74, 6) is 0.734. The molecule has 4 N–H and O–H groups in total. The van der Waals surface area contributed by atoms with Crippen molar-refractivity contribution in [3.05, 3.63) is 76.0 Å². The molecule has 1 aliphatic heterocycles. The van der Waals surface area contributed by atoms with E-state index in [0.29, 0.717) is 33.1 Å². The second-order valence-corrected chi connectivity index (χ2v) is 9.42. The molecule has 0 spiro atoms. The molecular formula is C26H25Cl2N5O2. The smallest absolute Gasteiger partial charge is 0.270 e. The molecule has 0 radical (unpaired) electrons. The second kappa shape index (κ2) is 9.77. The van der Waals surface area contributed by atoms with Gasteiger partial charge in [0.1, 0.15) is 12.3 Å². The lowest BCUT2D eigenvalue weighted by Crippen LogP contribution is -2.33. The number of carbonyl (C=O) groups excluding carboxylic acids is 1. The highest BCUT2D eigenvalue weighted by molar-refractivity contribution is 6.35. The van der Waals surface area contributed by atoms with Crippen molar-refractivity contribution in [2.24, 2.45) is 0 Å². The molecule has 9 heteroatoms. The molecule has 2 aromatic carbocycles. The van der Waals surface area contributed by atoms with E-state index in [1.807, 2.05) is 42.3 Å². The van der Waals surface area contributed by atoms with Gasteiger partial charge in [0.25, 0.3) is 5.91 Å². The van der Waals surface area contributed by atoms with E-state index in [1.54, 1.807) is 24.4 Å². The van der Waals surface area contributed by atoms with Gasteiger partial charge in [-0.1, -0.05) is 35.3 Å². The van der Waals surface area contributed by atoms with Gasteiger partial charge in [0.15, 0.2) is 11.6 Å². The largest absolute Gasteiger partial charge is 0.485 e. The van der Waals surface area contributed by atoms with Crippen molar-refractivity contribution >= 4 is 45.8 Å². The number of likely N-dealkylation sites (tertiary alicyclic amines) is 1. The number of nitrogens with zero attached hydrogens (tertiary/aromatic N) is 2. The van der Waals surface area contributed by atoms with Crippen LogP contribution in [0, 0.1) is 0 Å². The maximum Gasteiger partial charge on any atom is 0.270 e. The Hall–Kier alpha value is -3.26. The number of hydrogen-bond acceptors (Lipinski definition) is 5. The van der Waals surface area contributed by atoms with E-state index in [9.17, 15) is 4.79 Å². The zero-order chi connectivity index (χ0) is 24.5. The maximum absolute atomic E-state index is 13.0. The van der Waals surface area contributed by atoms with Crippen LogP contribution < -0.4 is 15.8 Å². The fraction of sp³-hybridized carbons (Fsp3) is 0.231. The lowest BCUT2D eigenvalue weighted by Gasteiger charge is -2.15. The molecule has 0 saturated carbocycles. The number of amides is 1. The molecule has 5 rings (SSSR count). The number of H-pyrrole nitrogens is 1. The van der Waals surface area contributed by atoms with Crippen LogP contribution in [0.1, 0.15) is 22.5 Å². The molecule has 7 nitrogen and oxygen atoms in total. The molecule has 4 aromatic rings. The SMILES string of the molecule is CN[C@H]1CCN(C(=O)c2cc3cc(-c4cnc(N)c(OCc5c(Cl)cccc5Cl)c4)ccc3[nH]2)C1. The summed E-state index contributed by atoms with van der Waals surface area (Å²) in [6.45, 7) is 1.64. The van der Waals surface area contributed by atoms with Crippen LogP contribution in [0.25, 0.3) is 22.0 Å². The monoisotopic (exact) mass is 509 g/mol. The van der Waals surface area contributed by atoms with Gasteiger partial charge in [-0.3, -0.25) is 4.79 Å². The van der Waals surface area contributed by atoms with Crippen molar-refractivity contribution in [2.75, 3.05) is 25.9 Å². The number of anilines is 1. The Morgan fingerprint density at radius 3 is 2.74 bits per heavy atom. The molecular weight excluding hydrogens is 485 g/mol. The predicted octanol–water partition coefficient (Wildman–Crippen LogP) is 5.13. The lowest BCUT2D eigenvalue weighted by atomic mass is 10.1. The summed E-state index contributed by atoms with van der Waals surface area (Å²) in [7, 11) is 1.93. The third kappa shape index (κ3) is 4.80. The van der Waals surface area contributed by atoms with Crippen LogP contribution in [0.15, 0.2) is 54.7 Å². The van der Waals surface area contributed by atoms with Crippen LogP contribution in [-0.4, -0.2) is 47.0 Å². The number of nitrogens with one attached hydrogen (secondary N) is 2. The van der Waals surface area contributed by atoms with E-state index in [-0.39, 0.29) is 18.3 Å². The van der Waals surface area contributed by atoms with Crippen LogP contribution >= 0.6 is 23.2 Å². The number of benzene rings is 2. The number of fused-ring (bicyclic) bond motifs is 1. The predicted molar refractivity (Wildman–Crippen MR) is 140 cm³/mol. The molecule has 0 bridgehead atoms. The normalized spacial score (nSPS) is 15.6. The highest BCUT2D eigenvalue weighted by Gasteiger charge is 2.26. The molecule has 1 fully saturated rings. The first kappa shape index (κ1) is 23.5. The minimum atomic E-state index is 0.0172. The van der Waals surface area contributed by atoms with Gasteiger partial charge in [0, 0.05) is 57.4 Å². The Bertz CT molecular complexity index is 1380. The third-order valence-electron chi connectivity index (χ3n) is 6.38. The highest BCUT2D eigenvalue weighted by atomic mass is 35.5. The lowest BCUT2D eigenvalue weighted by molar-refractivity contribution is 0.0785. The molecule has 0 aliphatic carbocycles. The highest BCUT2D eigenvalue weighted by Crippen LogP contribution is 2.32. The fourth-order valence-corrected chi connectivity index (χ4v) is 4.83. The van der Waals surface area contributed by atoms with Crippen LogP contribution in [0.3, 0.4) is 0 Å². The number of nitrogen functional groups attached to an aromatic ring is 1. The van der Waals surface area contributed by atoms with Gasteiger partial charge in [0.05, 0.1) is 0 Å². The van der Waals surface area contributed by atoms with Crippen molar-refractivity contribution in [2.45, 2.75) is 19.1 Å². The molecule has 0 unspecified atom stereocenters. The molecule has 2 aromatic heterocycles. The summed E-state index contributed by atoms with van der Waals surface area (Å²) in [6, 6.07) is 15.3. The minimum absolute atomic E-state index is 0.0172. The first-order chi connectivity index (χ1) is 16.9. The van der Waals surface area contributed by atoms with Crippen LogP contribution in [0.4, 0.5) is 5.82 Å². The Balaban J connectivity index is 1.38. The van der Waals surface area contributed by atoms with Gasteiger partial charge in [-0.25, -0.2) is 4.98 Å². The first-order valence-electron chi connectivity index (χ1n) is 11.3. The number of ether oxygens (including phenoxy) is 1. The Morgan fingerprint density at radius 2 is 2.00 bits per heavy atom. The molecule has 1 aliphatic rings. The number of aromatic nitrogens is 2. The summed E-state index contributed by atoms with van der Waals surface area (Å²) < 4.78 is 5.93. The van der Waals surface area contributed by atoms with Gasteiger partial charge in [-0.05, 0) is 55.4 Å². The number of hydrogen-bond donors (Lipinski definition) is 3. The molecule has 180 valence electrons. The number of likely N-dealkylation sites (N-methyl/N-ethyl adjacent to an activating group) is 1. The summed E-state index contributed by atoms with van der Waals surface area (Å²) in [6.07, 6.45) is 2.66. The minimum Gasteiger partial charge on any atom is -0.485 e.